The smallest absolute Gasteiger partial charge is 0.0247 e. The first-order valence-electron chi connectivity index (χ1n) is 3.29. The predicted molar refractivity (Wildman–Crippen MR) is 35.8 cm³/mol. The van der Waals surface area contributed by atoms with Crippen LogP contribution >= 0.6 is 0 Å². The second-order valence-corrected chi connectivity index (χ2v) is 2.29. The molecule has 1 aliphatic heterocycles. The molecule has 0 spiro atoms. The average Bonchev–Trinajstić information content (AvgIpc) is 1.90. The van der Waals surface area contributed by atoms with Gasteiger partial charge < -0.3 is 5.32 Å². The summed E-state index contributed by atoms with van der Waals surface area (Å²) in [6.45, 7) is 4.90. The molecule has 0 saturated carbocycles. The summed E-state index contributed by atoms with van der Waals surface area (Å²) in [6.07, 6.45) is 5.98. The van der Waals surface area contributed by atoms with E-state index < -0.39 is 0 Å². The molecule has 0 unspecified atom stereocenters. The number of nitrogens with one attached hydrogen (secondary N) is 1. The van der Waals surface area contributed by atoms with Crippen molar-refractivity contribution < 1.29 is 0 Å². The van der Waals surface area contributed by atoms with Gasteiger partial charge in [-0.3, -0.25) is 0 Å². The molecule has 0 amide bonds. The lowest BCUT2D eigenvalue weighted by Gasteiger charge is -2.19. The zero-order valence-corrected chi connectivity index (χ0v) is 5.19. The van der Waals surface area contributed by atoms with E-state index >= 15 is 0 Å². The van der Waals surface area contributed by atoms with Crippen molar-refractivity contribution >= 4 is 0 Å². The van der Waals surface area contributed by atoms with Gasteiger partial charge in [0.15, 0.2) is 0 Å². The molecule has 0 aromatic heterocycles. The van der Waals surface area contributed by atoms with Gasteiger partial charge in [0.05, 0.1) is 0 Å². The van der Waals surface area contributed by atoms with E-state index in [4.69, 9.17) is 0 Å². The molecule has 0 radical (unpaired) electrons. The van der Waals surface area contributed by atoms with Gasteiger partial charge in [0.25, 0.3) is 0 Å². The number of hydrogen-bond donors (Lipinski definition) is 1. The maximum atomic E-state index is 3.72. The van der Waals surface area contributed by atoms with Crippen LogP contribution in [0.3, 0.4) is 0 Å². The molecule has 1 atom stereocenters. The largest absolute Gasteiger partial charge is 0.311 e. The summed E-state index contributed by atoms with van der Waals surface area (Å²) in [5, 5.41) is 3.35. The van der Waals surface area contributed by atoms with Crippen LogP contribution in [0.4, 0.5) is 0 Å². The van der Waals surface area contributed by atoms with Gasteiger partial charge in [0.2, 0.25) is 0 Å². The van der Waals surface area contributed by atoms with Crippen LogP contribution in [0.5, 0.6) is 0 Å². The van der Waals surface area contributed by atoms with E-state index in [9.17, 15) is 0 Å². The van der Waals surface area contributed by atoms with Gasteiger partial charge in [0.1, 0.15) is 0 Å². The lowest BCUT2D eigenvalue weighted by molar-refractivity contribution is 0.455. The first kappa shape index (κ1) is 5.83. The maximum absolute atomic E-state index is 3.72. The highest BCUT2D eigenvalue weighted by atomic mass is 14.9. The van der Waals surface area contributed by atoms with E-state index in [1.54, 1.807) is 0 Å². The summed E-state index contributed by atoms with van der Waals surface area (Å²) in [4.78, 5) is 0. The third-order valence-electron chi connectivity index (χ3n) is 1.63. The zero-order valence-electron chi connectivity index (χ0n) is 5.19. The Hall–Kier alpha value is -0.300. The highest BCUT2D eigenvalue weighted by molar-refractivity contribution is 4.87. The van der Waals surface area contributed by atoms with Crippen molar-refractivity contribution in [1.82, 2.24) is 5.32 Å². The van der Waals surface area contributed by atoms with Crippen molar-refractivity contribution in [2.24, 2.45) is 0 Å². The fourth-order valence-electron chi connectivity index (χ4n) is 1.08. The van der Waals surface area contributed by atoms with Gasteiger partial charge >= 0.3 is 0 Å². The molecular formula is C7H13N. The summed E-state index contributed by atoms with van der Waals surface area (Å²) in [5.41, 5.74) is 0. The summed E-state index contributed by atoms with van der Waals surface area (Å²) in [7, 11) is 0. The third kappa shape index (κ3) is 1.34. The highest BCUT2D eigenvalue weighted by Gasteiger charge is 2.06. The van der Waals surface area contributed by atoms with Gasteiger partial charge in [-0.15, -0.1) is 6.58 Å². The second kappa shape index (κ2) is 2.88. The van der Waals surface area contributed by atoms with Crippen LogP contribution in [0.15, 0.2) is 12.7 Å². The molecule has 1 saturated heterocycles. The van der Waals surface area contributed by atoms with Gasteiger partial charge in [-0.2, -0.15) is 0 Å². The van der Waals surface area contributed by atoms with Gasteiger partial charge in [-0.05, 0) is 19.4 Å². The molecule has 1 fully saturated rings. The number of piperidine rings is 1. The highest BCUT2D eigenvalue weighted by Crippen LogP contribution is 2.06. The lowest BCUT2D eigenvalue weighted by Crippen LogP contribution is -2.31. The number of rotatable bonds is 1. The summed E-state index contributed by atoms with van der Waals surface area (Å²) >= 11 is 0. The lowest BCUT2D eigenvalue weighted by atomic mass is 10.1. The van der Waals surface area contributed by atoms with Crippen LogP contribution < -0.4 is 5.32 Å². The van der Waals surface area contributed by atoms with Crippen molar-refractivity contribution in [3.05, 3.63) is 12.7 Å². The predicted octanol–water partition coefficient (Wildman–Crippen LogP) is 1.31. The molecule has 1 aliphatic rings. The Bertz CT molecular complexity index is 72.5. The molecular weight excluding hydrogens is 98.1 g/mol. The van der Waals surface area contributed by atoms with Gasteiger partial charge in [0, 0.05) is 6.04 Å². The molecule has 8 heavy (non-hydrogen) atoms. The second-order valence-electron chi connectivity index (χ2n) is 2.29. The van der Waals surface area contributed by atoms with Crippen molar-refractivity contribution in [3.63, 3.8) is 0 Å². The Balaban J connectivity index is 2.22. The van der Waals surface area contributed by atoms with Crippen LogP contribution in [0, 0.1) is 0 Å². The summed E-state index contributed by atoms with van der Waals surface area (Å²) in [5.74, 6) is 0. The molecule has 0 aromatic rings. The van der Waals surface area contributed by atoms with Crippen molar-refractivity contribution in [1.29, 1.82) is 0 Å². The Labute approximate surface area is 50.8 Å². The summed E-state index contributed by atoms with van der Waals surface area (Å²) < 4.78 is 0. The van der Waals surface area contributed by atoms with Crippen molar-refractivity contribution in [2.45, 2.75) is 25.3 Å². The quantitative estimate of drug-likeness (QED) is 0.503. The standard InChI is InChI=1S/C7H13N/c1-2-7-5-3-4-6-8-7/h2,7-8H,1,3-6H2/t7-/m0/s1. The molecule has 1 rings (SSSR count). The van der Waals surface area contributed by atoms with E-state index in [1.165, 1.54) is 25.8 Å². The van der Waals surface area contributed by atoms with Crippen LogP contribution in [-0.2, 0) is 0 Å². The summed E-state index contributed by atoms with van der Waals surface area (Å²) in [6, 6.07) is 0.601. The fraction of sp³-hybridized carbons (Fsp3) is 0.714. The Morgan fingerprint density at radius 3 is 2.75 bits per heavy atom. The minimum absolute atomic E-state index is 0.601. The van der Waals surface area contributed by atoms with E-state index in [1.807, 2.05) is 6.08 Å². The molecule has 0 bridgehead atoms. The normalized spacial score (nSPS) is 29.8. The maximum Gasteiger partial charge on any atom is 0.0247 e. The van der Waals surface area contributed by atoms with Crippen molar-refractivity contribution in [2.75, 3.05) is 6.54 Å². The van der Waals surface area contributed by atoms with Crippen molar-refractivity contribution in [3.8, 4) is 0 Å². The number of hydrogen-bond acceptors (Lipinski definition) is 1. The first-order valence-corrected chi connectivity index (χ1v) is 3.29. The topological polar surface area (TPSA) is 12.0 Å². The first-order chi connectivity index (χ1) is 3.93. The average molecular weight is 111 g/mol. The van der Waals surface area contributed by atoms with Crippen LogP contribution in [0.2, 0.25) is 0 Å². The van der Waals surface area contributed by atoms with E-state index in [-0.39, 0.29) is 0 Å². The SMILES string of the molecule is C=C[C@H]1CCCCN1. The van der Waals surface area contributed by atoms with E-state index in [0.717, 1.165) is 0 Å². The van der Waals surface area contributed by atoms with Gasteiger partial charge in [-0.25, -0.2) is 0 Å². The van der Waals surface area contributed by atoms with Gasteiger partial charge in [-0.1, -0.05) is 12.5 Å². The molecule has 1 N–H and O–H groups in total. The molecule has 46 valence electrons. The van der Waals surface area contributed by atoms with E-state index in [0.29, 0.717) is 6.04 Å². The molecule has 1 heterocycles. The Kier molecular flexibility index (Phi) is 2.10. The molecule has 0 aromatic carbocycles. The zero-order chi connectivity index (χ0) is 5.82. The molecule has 1 nitrogen and oxygen atoms in total. The monoisotopic (exact) mass is 111 g/mol. The van der Waals surface area contributed by atoms with E-state index in [2.05, 4.69) is 11.9 Å². The minimum atomic E-state index is 0.601. The van der Waals surface area contributed by atoms with Crippen LogP contribution in [-0.4, -0.2) is 12.6 Å². The molecule has 1 heteroatoms. The van der Waals surface area contributed by atoms with Crippen LogP contribution in [0.25, 0.3) is 0 Å². The Morgan fingerprint density at radius 2 is 2.38 bits per heavy atom. The molecule has 0 aliphatic carbocycles. The van der Waals surface area contributed by atoms with Crippen LogP contribution in [0.1, 0.15) is 19.3 Å². The Morgan fingerprint density at radius 1 is 1.50 bits per heavy atom. The fourth-order valence-corrected chi connectivity index (χ4v) is 1.08. The minimum Gasteiger partial charge on any atom is -0.311 e. The third-order valence-corrected chi connectivity index (χ3v) is 1.63.